The second-order valence-electron chi connectivity index (χ2n) is 8.26. The van der Waals surface area contributed by atoms with Crippen LogP contribution < -0.4 is 0 Å². The van der Waals surface area contributed by atoms with Gasteiger partial charge in [0.15, 0.2) is 0 Å². The molecular formula is C27H37NO. The summed E-state index contributed by atoms with van der Waals surface area (Å²) in [5.74, 6) is 0. The third-order valence-electron chi connectivity index (χ3n) is 6.02. The zero-order chi connectivity index (χ0) is 20.5. The Balaban J connectivity index is 1.89. The van der Waals surface area contributed by atoms with Crippen LogP contribution in [-0.4, -0.2) is 23.1 Å². The van der Waals surface area contributed by atoms with Gasteiger partial charge in [0.2, 0.25) is 0 Å². The summed E-state index contributed by atoms with van der Waals surface area (Å²) in [7, 11) is 0. The summed E-state index contributed by atoms with van der Waals surface area (Å²) >= 11 is 0. The zero-order valence-electron chi connectivity index (χ0n) is 18.2. The van der Waals surface area contributed by atoms with Crippen molar-refractivity contribution < 1.29 is 5.11 Å². The van der Waals surface area contributed by atoms with Gasteiger partial charge in [-0.1, -0.05) is 107 Å². The predicted molar refractivity (Wildman–Crippen MR) is 126 cm³/mol. The van der Waals surface area contributed by atoms with Gasteiger partial charge in [-0.25, -0.2) is 0 Å². The van der Waals surface area contributed by atoms with Crippen LogP contribution in [-0.2, 0) is 0 Å². The molecule has 29 heavy (non-hydrogen) atoms. The lowest BCUT2D eigenvalue weighted by Gasteiger charge is -2.29. The van der Waals surface area contributed by atoms with Gasteiger partial charge in [-0.2, -0.15) is 0 Å². The molecular weight excluding hydrogens is 354 g/mol. The van der Waals surface area contributed by atoms with Gasteiger partial charge in [-0.15, -0.1) is 0 Å². The Morgan fingerprint density at radius 1 is 0.690 bits per heavy atom. The molecule has 1 unspecified atom stereocenters. The summed E-state index contributed by atoms with van der Waals surface area (Å²) in [6.07, 6.45) is 9.29. The second kappa shape index (κ2) is 11.3. The number of rotatable bonds is 12. The van der Waals surface area contributed by atoms with E-state index in [0.29, 0.717) is 0 Å². The van der Waals surface area contributed by atoms with Crippen LogP contribution in [0.5, 0.6) is 0 Å². The van der Waals surface area contributed by atoms with Crippen LogP contribution in [0.3, 0.4) is 0 Å². The molecule has 2 nitrogen and oxygen atoms in total. The lowest BCUT2D eigenvalue weighted by molar-refractivity contribution is 0.000508. The lowest BCUT2D eigenvalue weighted by atomic mass is 9.96. The van der Waals surface area contributed by atoms with Crippen LogP contribution in [0.25, 0.3) is 21.5 Å². The van der Waals surface area contributed by atoms with Crippen molar-refractivity contribution in [2.24, 2.45) is 0 Å². The third kappa shape index (κ3) is 5.58. The number of hydrogen-bond acceptors (Lipinski definition) is 2. The van der Waals surface area contributed by atoms with E-state index < -0.39 is 6.23 Å². The standard InChI is InChI=1S/C27H37NO/c1-3-5-7-11-20-28(21-12-8-6-4-2)27(29)25-17-13-15-23-19-18-22-14-9-10-16-24(22)26(23)25/h9-10,13-19,27,29H,3-8,11-12,20-21H2,1-2H3. The largest absolute Gasteiger partial charge is 0.374 e. The van der Waals surface area contributed by atoms with Crippen molar-refractivity contribution in [1.29, 1.82) is 0 Å². The van der Waals surface area contributed by atoms with Crippen molar-refractivity contribution >= 4 is 21.5 Å². The van der Waals surface area contributed by atoms with Crippen molar-refractivity contribution in [3.05, 3.63) is 60.2 Å². The van der Waals surface area contributed by atoms with E-state index in [1.54, 1.807) is 0 Å². The molecule has 0 aliphatic rings. The monoisotopic (exact) mass is 391 g/mol. The number of unbranched alkanes of at least 4 members (excludes halogenated alkanes) is 6. The van der Waals surface area contributed by atoms with E-state index in [1.807, 2.05) is 0 Å². The van der Waals surface area contributed by atoms with Gasteiger partial charge >= 0.3 is 0 Å². The van der Waals surface area contributed by atoms with E-state index in [2.05, 4.69) is 73.3 Å². The number of hydrogen-bond donors (Lipinski definition) is 1. The minimum atomic E-state index is -0.548. The molecule has 0 amide bonds. The zero-order valence-corrected chi connectivity index (χ0v) is 18.2. The summed E-state index contributed by atoms with van der Waals surface area (Å²) in [4.78, 5) is 2.31. The first-order valence-electron chi connectivity index (χ1n) is 11.6. The molecule has 3 aromatic carbocycles. The van der Waals surface area contributed by atoms with Crippen LogP contribution in [0.1, 0.15) is 77.0 Å². The van der Waals surface area contributed by atoms with Crippen molar-refractivity contribution in [3.8, 4) is 0 Å². The number of aliphatic hydroxyl groups excluding tert-OH is 1. The topological polar surface area (TPSA) is 23.5 Å². The summed E-state index contributed by atoms with van der Waals surface area (Å²) in [5, 5.41) is 16.3. The van der Waals surface area contributed by atoms with Gasteiger partial charge in [-0.05, 0) is 34.4 Å². The highest BCUT2D eigenvalue weighted by Crippen LogP contribution is 2.33. The molecule has 0 aromatic heterocycles. The first kappa shape index (κ1) is 21.8. The van der Waals surface area contributed by atoms with Gasteiger partial charge in [0.1, 0.15) is 6.23 Å². The highest BCUT2D eigenvalue weighted by molar-refractivity contribution is 6.09. The Bertz CT molecular complexity index is 876. The van der Waals surface area contributed by atoms with E-state index in [0.717, 1.165) is 31.5 Å². The Kier molecular flexibility index (Phi) is 8.52. The van der Waals surface area contributed by atoms with E-state index in [4.69, 9.17) is 0 Å². The van der Waals surface area contributed by atoms with E-state index in [-0.39, 0.29) is 0 Å². The maximum atomic E-state index is 11.5. The number of aliphatic hydroxyl groups is 1. The van der Waals surface area contributed by atoms with Gasteiger partial charge in [0.25, 0.3) is 0 Å². The van der Waals surface area contributed by atoms with Crippen LogP contribution in [0.15, 0.2) is 54.6 Å². The molecule has 0 spiro atoms. The summed E-state index contributed by atoms with van der Waals surface area (Å²) in [5.41, 5.74) is 1.05. The SMILES string of the molecule is CCCCCCN(CCCCCC)C(O)c1cccc2ccc3ccccc3c12. The van der Waals surface area contributed by atoms with Crippen molar-refractivity contribution in [1.82, 2.24) is 4.90 Å². The first-order chi connectivity index (χ1) is 14.3. The number of benzene rings is 3. The summed E-state index contributed by atoms with van der Waals surface area (Å²) in [6, 6.07) is 19.2. The lowest BCUT2D eigenvalue weighted by Crippen LogP contribution is -2.31. The van der Waals surface area contributed by atoms with Crippen molar-refractivity contribution in [3.63, 3.8) is 0 Å². The molecule has 3 aromatic rings. The van der Waals surface area contributed by atoms with Gasteiger partial charge < -0.3 is 5.11 Å². The van der Waals surface area contributed by atoms with Crippen LogP contribution in [0.4, 0.5) is 0 Å². The van der Waals surface area contributed by atoms with E-state index >= 15 is 0 Å². The molecule has 0 heterocycles. The molecule has 0 bridgehead atoms. The highest BCUT2D eigenvalue weighted by Gasteiger charge is 2.20. The third-order valence-corrected chi connectivity index (χ3v) is 6.02. The van der Waals surface area contributed by atoms with Gasteiger partial charge in [0, 0.05) is 18.7 Å². The minimum Gasteiger partial charge on any atom is -0.374 e. The van der Waals surface area contributed by atoms with Gasteiger partial charge in [-0.3, -0.25) is 4.90 Å². The summed E-state index contributed by atoms with van der Waals surface area (Å²) in [6.45, 7) is 6.43. The Morgan fingerprint density at radius 3 is 2.00 bits per heavy atom. The molecule has 0 aliphatic carbocycles. The average Bonchev–Trinajstić information content (AvgIpc) is 2.77. The molecule has 2 heteroatoms. The predicted octanol–water partition coefficient (Wildman–Crippen LogP) is 7.45. The molecule has 0 saturated carbocycles. The molecule has 156 valence electrons. The van der Waals surface area contributed by atoms with E-state index in [1.165, 1.54) is 60.1 Å². The Morgan fingerprint density at radius 2 is 1.31 bits per heavy atom. The molecule has 0 fully saturated rings. The molecule has 3 rings (SSSR count). The molecule has 1 atom stereocenters. The number of nitrogens with zero attached hydrogens (tertiary/aromatic N) is 1. The number of fused-ring (bicyclic) bond motifs is 3. The second-order valence-corrected chi connectivity index (χ2v) is 8.26. The van der Waals surface area contributed by atoms with Crippen molar-refractivity contribution in [2.75, 3.05) is 13.1 Å². The Labute approximate surface area is 176 Å². The smallest absolute Gasteiger partial charge is 0.134 e. The molecule has 1 N–H and O–H groups in total. The van der Waals surface area contributed by atoms with E-state index in [9.17, 15) is 5.11 Å². The van der Waals surface area contributed by atoms with Crippen molar-refractivity contribution in [2.45, 2.75) is 71.4 Å². The fourth-order valence-electron chi connectivity index (χ4n) is 4.34. The molecule has 0 radical (unpaired) electrons. The minimum absolute atomic E-state index is 0.548. The maximum Gasteiger partial charge on any atom is 0.134 e. The molecule has 0 aliphatic heterocycles. The fourth-order valence-corrected chi connectivity index (χ4v) is 4.34. The van der Waals surface area contributed by atoms with Crippen LogP contribution in [0.2, 0.25) is 0 Å². The quantitative estimate of drug-likeness (QED) is 0.197. The first-order valence-corrected chi connectivity index (χ1v) is 11.6. The molecule has 0 saturated heterocycles. The normalized spacial score (nSPS) is 12.8. The maximum absolute atomic E-state index is 11.5. The van der Waals surface area contributed by atoms with Gasteiger partial charge in [0.05, 0.1) is 0 Å². The average molecular weight is 392 g/mol. The fraction of sp³-hybridized carbons (Fsp3) is 0.481. The highest BCUT2D eigenvalue weighted by atomic mass is 16.3. The van der Waals surface area contributed by atoms with Crippen LogP contribution in [0, 0.1) is 0 Å². The summed E-state index contributed by atoms with van der Waals surface area (Å²) < 4.78 is 0. The van der Waals surface area contributed by atoms with Crippen LogP contribution >= 0.6 is 0 Å². The Hall–Kier alpha value is -1.90.